The molecular weight excluding hydrogens is 518 g/mol. The van der Waals surface area contributed by atoms with Crippen molar-refractivity contribution in [2.45, 2.75) is 57.4 Å². The highest BCUT2D eigenvalue weighted by molar-refractivity contribution is 5.98. The fraction of sp³-hybridized carbons (Fsp3) is 0.433. The Morgan fingerprint density at radius 1 is 1.23 bits per heavy atom. The number of carbonyl (C=O) groups is 2. The fourth-order valence-corrected chi connectivity index (χ4v) is 5.99. The summed E-state index contributed by atoms with van der Waals surface area (Å²) in [5.74, 6) is 5.63. The van der Waals surface area contributed by atoms with E-state index < -0.39 is 37.2 Å². The molecule has 40 heavy (non-hydrogen) atoms. The van der Waals surface area contributed by atoms with Gasteiger partial charge in [0.25, 0.3) is 11.8 Å². The molecule has 0 unspecified atom stereocenters. The monoisotopic (exact) mass is 551 g/mol. The Labute approximate surface area is 234 Å². The number of hydrogen-bond donors (Lipinski definition) is 1. The summed E-state index contributed by atoms with van der Waals surface area (Å²) in [6.45, 7) is -1.98. The highest BCUT2D eigenvalue weighted by Crippen LogP contribution is 2.50. The zero-order valence-corrected chi connectivity index (χ0v) is 22.0. The minimum absolute atomic E-state index is 0.000342. The number of carbonyl (C=O) groups excluding carboxylic acids is 2. The van der Waals surface area contributed by atoms with E-state index >= 15 is 0 Å². The Morgan fingerprint density at radius 3 is 2.70 bits per heavy atom. The van der Waals surface area contributed by atoms with Gasteiger partial charge in [-0.3, -0.25) is 9.59 Å². The van der Waals surface area contributed by atoms with Crippen LogP contribution in [0.2, 0.25) is 0 Å². The number of likely N-dealkylation sites (tertiary alicyclic amines) is 1. The Hall–Kier alpha value is -3.97. The Morgan fingerprint density at radius 2 is 2.00 bits per heavy atom. The van der Waals surface area contributed by atoms with Crippen LogP contribution in [0.25, 0.3) is 11.0 Å². The standard InChI is InChI=1S/C30H30F2N4O4/c1-30(2,39)28(38)35-13-11-17(12-14-35)7-8-18-9-10-20-21(15-18)36-22-16-23(26(36)33-20)34(3)27(37)19-5-4-6-24(25(19)22)40-29(31)32/h4-6,9-10,15,17,22-23,29,39H,11-14,16H2,1-3H3/t22-,23-/m1/s1/i3D3. The van der Waals surface area contributed by atoms with E-state index in [-0.39, 0.29) is 35.1 Å². The molecule has 1 N–H and O–H groups in total. The van der Waals surface area contributed by atoms with Crippen molar-refractivity contribution in [1.82, 2.24) is 19.4 Å². The van der Waals surface area contributed by atoms with Crippen LogP contribution in [0.5, 0.6) is 5.75 Å². The number of benzene rings is 2. The first-order chi connectivity index (χ1) is 20.2. The van der Waals surface area contributed by atoms with Crippen molar-refractivity contribution >= 4 is 22.8 Å². The van der Waals surface area contributed by atoms with Crippen LogP contribution in [0.4, 0.5) is 8.78 Å². The van der Waals surface area contributed by atoms with Gasteiger partial charge in [0.2, 0.25) is 0 Å². The van der Waals surface area contributed by atoms with Crippen LogP contribution in [0.1, 0.15) is 76.6 Å². The van der Waals surface area contributed by atoms with E-state index in [9.17, 15) is 23.5 Å². The molecule has 208 valence electrons. The third kappa shape index (κ3) is 4.38. The average Bonchev–Trinajstić information content (AvgIpc) is 3.43. The summed E-state index contributed by atoms with van der Waals surface area (Å²) in [5, 5.41) is 10.0. The second-order valence-corrected chi connectivity index (χ2v) is 11.0. The first-order valence-electron chi connectivity index (χ1n) is 14.7. The van der Waals surface area contributed by atoms with Crippen LogP contribution >= 0.6 is 0 Å². The van der Waals surface area contributed by atoms with E-state index in [0.717, 1.165) is 4.90 Å². The summed E-state index contributed by atoms with van der Waals surface area (Å²) in [7, 11) is 0. The minimum atomic E-state index is -3.14. The number of alkyl halides is 2. The number of fused-ring (bicyclic) bond motifs is 9. The van der Waals surface area contributed by atoms with Gasteiger partial charge >= 0.3 is 6.61 Å². The van der Waals surface area contributed by atoms with Gasteiger partial charge in [0.1, 0.15) is 17.2 Å². The zero-order chi connectivity index (χ0) is 30.8. The van der Waals surface area contributed by atoms with Gasteiger partial charge in [0.05, 0.1) is 23.1 Å². The van der Waals surface area contributed by atoms with Gasteiger partial charge < -0.3 is 24.2 Å². The number of halogens is 2. The first-order valence-corrected chi connectivity index (χ1v) is 13.2. The number of piperidine rings is 1. The van der Waals surface area contributed by atoms with Crippen LogP contribution in [0, 0.1) is 17.8 Å². The molecule has 0 spiro atoms. The number of hydrogen-bond acceptors (Lipinski definition) is 5. The number of amides is 2. The van der Waals surface area contributed by atoms with Crippen LogP contribution in [-0.2, 0) is 4.79 Å². The Bertz CT molecular complexity index is 1680. The predicted molar refractivity (Wildman–Crippen MR) is 143 cm³/mol. The van der Waals surface area contributed by atoms with E-state index in [2.05, 4.69) is 11.8 Å². The van der Waals surface area contributed by atoms with Gasteiger partial charge in [-0.15, -0.1) is 0 Å². The smallest absolute Gasteiger partial charge is 0.387 e. The molecule has 4 heterocycles. The summed E-state index contributed by atoms with van der Waals surface area (Å²) < 4.78 is 57.9. The lowest BCUT2D eigenvalue weighted by molar-refractivity contribution is -0.149. The normalized spacial score (nSPS) is 22.1. The second kappa shape index (κ2) is 9.59. The molecule has 3 aliphatic rings. The zero-order valence-electron chi connectivity index (χ0n) is 25.0. The molecule has 8 nitrogen and oxygen atoms in total. The van der Waals surface area contributed by atoms with Crippen molar-refractivity contribution < 1.29 is 32.3 Å². The number of nitrogens with zero attached hydrogens (tertiary/aromatic N) is 4. The van der Waals surface area contributed by atoms with Crippen molar-refractivity contribution in [2.24, 2.45) is 5.92 Å². The molecule has 1 fully saturated rings. The molecule has 3 aromatic rings. The molecule has 0 saturated carbocycles. The Kier molecular flexibility index (Phi) is 5.47. The lowest BCUT2D eigenvalue weighted by atomic mass is 9.95. The van der Waals surface area contributed by atoms with Gasteiger partial charge in [0.15, 0.2) is 0 Å². The summed E-state index contributed by atoms with van der Waals surface area (Å²) in [6, 6.07) is 8.02. The lowest BCUT2D eigenvalue weighted by Crippen LogP contribution is -2.48. The maximum Gasteiger partial charge on any atom is 0.387 e. The third-order valence-electron chi connectivity index (χ3n) is 7.88. The van der Waals surface area contributed by atoms with E-state index in [1.807, 2.05) is 10.6 Å². The van der Waals surface area contributed by atoms with Crippen molar-refractivity contribution in [3.63, 3.8) is 0 Å². The number of imidazole rings is 1. The van der Waals surface area contributed by atoms with Crippen molar-refractivity contribution in [3.05, 3.63) is 58.9 Å². The predicted octanol–water partition coefficient (Wildman–Crippen LogP) is 4.12. The summed E-state index contributed by atoms with van der Waals surface area (Å²) in [6.07, 6.45) is 1.48. The van der Waals surface area contributed by atoms with Crippen LogP contribution in [0.3, 0.4) is 0 Å². The SMILES string of the molecule is [2H]C([2H])([2H])N1C(=O)c2cccc(OC(F)F)c2[C@H]2C[C@@H]1c1nc3ccc(C#CC4CCN(C(=O)C(C)(C)O)CC4)cc3n12. The molecule has 2 bridgehead atoms. The molecular formula is C30H30F2N4O4. The molecule has 3 aliphatic heterocycles. The van der Waals surface area contributed by atoms with Gasteiger partial charge in [0, 0.05) is 53.2 Å². The highest BCUT2D eigenvalue weighted by Gasteiger charge is 2.45. The maximum absolute atomic E-state index is 13.6. The maximum atomic E-state index is 13.6. The average molecular weight is 552 g/mol. The van der Waals surface area contributed by atoms with Crippen molar-refractivity contribution in [3.8, 4) is 17.6 Å². The molecule has 2 amide bonds. The van der Waals surface area contributed by atoms with E-state index in [1.165, 1.54) is 32.0 Å². The molecule has 2 atom stereocenters. The van der Waals surface area contributed by atoms with Gasteiger partial charge in [-0.1, -0.05) is 17.9 Å². The summed E-state index contributed by atoms with van der Waals surface area (Å²) in [5.41, 5.74) is 0.661. The second-order valence-electron chi connectivity index (χ2n) is 11.0. The summed E-state index contributed by atoms with van der Waals surface area (Å²) in [4.78, 5) is 33.1. The number of rotatable bonds is 3. The van der Waals surface area contributed by atoms with Gasteiger partial charge in [-0.2, -0.15) is 8.78 Å². The summed E-state index contributed by atoms with van der Waals surface area (Å²) >= 11 is 0. The fourth-order valence-electron chi connectivity index (χ4n) is 5.99. The highest BCUT2D eigenvalue weighted by atomic mass is 19.3. The van der Waals surface area contributed by atoms with E-state index in [1.54, 1.807) is 17.0 Å². The molecule has 6 rings (SSSR count). The first kappa shape index (κ1) is 22.8. The lowest BCUT2D eigenvalue weighted by Gasteiger charge is -2.33. The van der Waals surface area contributed by atoms with Crippen molar-refractivity contribution in [1.29, 1.82) is 0 Å². The van der Waals surface area contributed by atoms with Crippen LogP contribution < -0.4 is 4.74 Å². The van der Waals surface area contributed by atoms with E-state index in [4.69, 9.17) is 13.8 Å². The van der Waals surface area contributed by atoms with E-state index in [0.29, 0.717) is 48.4 Å². The number of aromatic nitrogens is 2. The van der Waals surface area contributed by atoms with Crippen molar-refractivity contribution in [2.75, 3.05) is 20.1 Å². The largest absolute Gasteiger partial charge is 0.434 e. The topological polar surface area (TPSA) is 87.9 Å². The number of ether oxygens (including phenoxy) is 1. The minimum Gasteiger partial charge on any atom is -0.434 e. The molecule has 0 aliphatic carbocycles. The quantitative estimate of drug-likeness (QED) is 0.495. The van der Waals surface area contributed by atoms with Crippen LogP contribution in [0.15, 0.2) is 36.4 Å². The van der Waals surface area contributed by atoms with Gasteiger partial charge in [-0.25, -0.2) is 4.98 Å². The Balaban J connectivity index is 1.38. The van der Waals surface area contributed by atoms with Gasteiger partial charge in [-0.05, 0) is 57.0 Å². The molecule has 0 radical (unpaired) electrons. The molecule has 1 saturated heterocycles. The molecule has 10 heteroatoms. The third-order valence-corrected chi connectivity index (χ3v) is 7.88. The number of aliphatic hydroxyl groups is 1. The molecule has 1 aromatic heterocycles. The van der Waals surface area contributed by atoms with Crippen LogP contribution in [-0.4, -0.2) is 68.5 Å². The molecule has 2 aromatic carbocycles.